The smallest absolute Gasteiger partial charge is 0.271 e. The Labute approximate surface area is 153 Å². The van der Waals surface area contributed by atoms with Crippen molar-refractivity contribution in [3.05, 3.63) is 33.5 Å². The fourth-order valence-corrected chi connectivity index (χ4v) is 3.40. The average Bonchev–Trinajstić information content (AvgIpc) is 3.34. The van der Waals surface area contributed by atoms with Crippen molar-refractivity contribution in [2.45, 2.75) is 25.2 Å². The summed E-state index contributed by atoms with van der Waals surface area (Å²) in [6, 6.07) is 5.97. The van der Waals surface area contributed by atoms with E-state index >= 15 is 0 Å². The number of hydrogen-bond donors (Lipinski definition) is 1. The zero-order valence-electron chi connectivity index (χ0n) is 13.1. The standard InChI is InChI=1S/C17H19IN2O2S/c1-10-5-14(7-12-6-13(18)9-19-15(10)12)22-17(23-2)16(21)20-8-11-3-4-11/h5-7,9,11,17H,3-4,8H2,1-2H3,(H,20,21). The lowest BCUT2D eigenvalue weighted by Gasteiger charge is -2.17. The lowest BCUT2D eigenvalue weighted by atomic mass is 10.1. The SMILES string of the molecule is CSC(Oc1cc(C)c2ncc(I)cc2c1)C(=O)NCC1CC1. The van der Waals surface area contributed by atoms with E-state index < -0.39 is 5.44 Å². The molecule has 0 bridgehead atoms. The molecule has 1 N–H and O–H groups in total. The molecule has 1 aromatic heterocycles. The number of carbonyl (C=O) groups is 1. The number of halogens is 1. The Bertz CT molecular complexity index is 734. The number of nitrogens with zero attached hydrogens (tertiary/aromatic N) is 1. The number of benzene rings is 1. The first-order valence-corrected chi connectivity index (χ1v) is 9.96. The number of nitrogens with one attached hydrogen (secondary N) is 1. The molecule has 1 saturated carbocycles. The van der Waals surface area contributed by atoms with Gasteiger partial charge in [-0.1, -0.05) is 0 Å². The Morgan fingerprint density at radius 2 is 2.26 bits per heavy atom. The summed E-state index contributed by atoms with van der Waals surface area (Å²) in [5.41, 5.74) is 1.49. The van der Waals surface area contributed by atoms with Crippen LogP contribution in [0, 0.1) is 16.4 Å². The largest absolute Gasteiger partial charge is 0.470 e. The summed E-state index contributed by atoms with van der Waals surface area (Å²) in [6.45, 7) is 2.77. The number of thioether (sulfide) groups is 1. The monoisotopic (exact) mass is 442 g/mol. The van der Waals surface area contributed by atoms with E-state index in [1.54, 1.807) is 0 Å². The highest BCUT2D eigenvalue weighted by molar-refractivity contribution is 14.1. The zero-order chi connectivity index (χ0) is 16.4. The molecule has 122 valence electrons. The predicted molar refractivity (Wildman–Crippen MR) is 103 cm³/mol. The molecular weight excluding hydrogens is 423 g/mol. The fraction of sp³-hybridized carbons (Fsp3) is 0.412. The van der Waals surface area contributed by atoms with Gasteiger partial charge in [0, 0.05) is 21.7 Å². The number of carbonyl (C=O) groups excluding carboxylic acids is 1. The number of hydrogen-bond acceptors (Lipinski definition) is 4. The molecule has 0 radical (unpaired) electrons. The van der Waals surface area contributed by atoms with Crippen molar-refractivity contribution in [2.24, 2.45) is 5.92 Å². The second-order valence-electron chi connectivity index (χ2n) is 5.84. The van der Waals surface area contributed by atoms with Crippen LogP contribution in [-0.2, 0) is 4.79 Å². The van der Waals surface area contributed by atoms with Crippen LogP contribution in [0.2, 0.25) is 0 Å². The second kappa shape index (κ2) is 7.25. The van der Waals surface area contributed by atoms with Gasteiger partial charge in [-0.25, -0.2) is 0 Å². The third-order valence-corrected chi connectivity index (χ3v) is 5.18. The topological polar surface area (TPSA) is 51.2 Å². The maximum Gasteiger partial charge on any atom is 0.271 e. The number of aromatic nitrogens is 1. The summed E-state index contributed by atoms with van der Waals surface area (Å²) in [4.78, 5) is 16.7. The minimum absolute atomic E-state index is 0.0529. The first-order chi connectivity index (χ1) is 11.1. The van der Waals surface area contributed by atoms with Crippen molar-refractivity contribution in [2.75, 3.05) is 12.8 Å². The number of aryl methyl sites for hydroxylation is 1. The highest BCUT2D eigenvalue weighted by Gasteiger charge is 2.25. The van der Waals surface area contributed by atoms with Crippen LogP contribution in [0.5, 0.6) is 5.75 Å². The summed E-state index contributed by atoms with van der Waals surface area (Å²) < 4.78 is 7.01. The Kier molecular flexibility index (Phi) is 5.31. The molecule has 1 aliphatic carbocycles. The van der Waals surface area contributed by atoms with Gasteiger partial charge in [0.25, 0.3) is 5.91 Å². The summed E-state index contributed by atoms with van der Waals surface area (Å²) in [6.07, 6.45) is 6.19. The van der Waals surface area contributed by atoms with E-state index in [2.05, 4.69) is 39.0 Å². The van der Waals surface area contributed by atoms with Crippen LogP contribution >= 0.6 is 34.4 Å². The third-order valence-electron chi connectivity index (χ3n) is 3.85. The molecule has 3 rings (SSSR count). The van der Waals surface area contributed by atoms with Gasteiger partial charge in [0.2, 0.25) is 5.44 Å². The molecule has 0 saturated heterocycles. The van der Waals surface area contributed by atoms with Crippen LogP contribution in [0.4, 0.5) is 0 Å². The maximum absolute atomic E-state index is 12.2. The van der Waals surface area contributed by atoms with Crippen molar-refractivity contribution >= 4 is 51.2 Å². The molecule has 1 atom stereocenters. The van der Waals surface area contributed by atoms with Crippen molar-refractivity contribution in [1.29, 1.82) is 0 Å². The van der Waals surface area contributed by atoms with Crippen LogP contribution < -0.4 is 10.1 Å². The highest BCUT2D eigenvalue weighted by Crippen LogP contribution is 2.28. The van der Waals surface area contributed by atoms with Crippen LogP contribution in [0.15, 0.2) is 24.4 Å². The van der Waals surface area contributed by atoms with Crippen molar-refractivity contribution < 1.29 is 9.53 Å². The summed E-state index contributed by atoms with van der Waals surface area (Å²) in [5.74, 6) is 1.32. The van der Waals surface area contributed by atoms with E-state index in [0.29, 0.717) is 11.7 Å². The fourth-order valence-electron chi connectivity index (χ4n) is 2.42. The Hall–Kier alpha value is -1.02. The van der Waals surface area contributed by atoms with E-state index in [9.17, 15) is 4.79 Å². The van der Waals surface area contributed by atoms with Crippen molar-refractivity contribution in [1.82, 2.24) is 10.3 Å². The Balaban J connectivity index is 1.76. The molecule has 0 spiro atoms. The van der Waals surface area contributed by atoms with Crippen LogP contribution in [0.3, 0.4) is 0 Å². The van der Waals surface area contributed by atoms with Gasteiger partial charge in [-0.05, 0) is 78.3 Å². The zero-order valence-corrected chi connectivity index (χ0v) is 16.1. The van der Waals surface area contributed by atoms with E-state index in [-0.39, 0.29) is 5.91 Å². The van der Waals surface area contributed by atoms with Crippen LogP contribution in [0.1, 0.15) is 18.4 Å². The van der Waals surface area contributed by atoms with E-state index in [4.69, 9.17) is 4.74 Å². The second-order valence-corrected chi connectivity index (χ2v) is 7.98. The molecule has 2 aromatic rings. The van der Waals surface area contributed by atoms with Gasteiger partial charge in [-0.2, -0.15) is 0 Å². The summed E-state index contributed by atoms with van der Waals surface area (Å²) in [5, 5.41) is 4.01. The molecule has 0 aliphatic heterocycles. The number of pyridine rings is 1. The number of amides is 1. The van der Waals surface area contributed by atoms with Gasteiger partial charge < -0.3 is 10.1 Å². The quantitative estimate of drug-likeness (QED) is 0.547. The first kappa shape index (κ1) is 16.8. The van der Waals surface area contributed by atoms with Gasteiger partial charge >= 0.3 is 0 Å². The first-order valence-electron chi connectivity index (χ1n) is 7.60. The number of ether oxygens (including phenoxy) is 1. The molecule has 1 aromatic carbocycles. The molecule has 1 amide bonds. The molecular formula is C17H19IN2O2S. The van der Waals surface area contributed by atoms with E-state index in [1.165, 1.54) is 24.6 Å². The Morgan fingerprint density at radius 3 is 2.96 bits per heavy atom. The van der Waals surface area contributed by atoms with Gasteiger partial charge in [0.05, 0.1) is 5.52 Å². The van der Waals surface area contributed by atoms with Crippen molar-refractivity contribution in [3.63, 3.8) is 0 Å². The predicted octanol–water partition coefficient (Wildman–Crippen LogP) is 3.74. The minimum atomic E-state index is -0.527. The number of fused-ring (bicyclic) bond motifs is 1. The molecule has 6 heteroatoms. The van der Waals surface area contributed by atoms with E-state index in [1.807, 2.05) is 31.5 Å². The van der Waals surface area contributed by atoms with Gasteiger partial charge in [-0.15, -0.1) is 11.8 Å². The molecule has 1 fully saturated rings. The number of rotatable bonds is 6. The molecule has 1 heterocycles. The summed E-state index contributed by atoms with van der Waals surface area (Å²) >= 11 is 3.65. The normalized spacial score (nSPS) is 15.4. The average molecular weight is 442 g/mol. The molecule has 23 heavy (non-hydrogen) atoms. The van der Waals surface area contributed by atoms with E-state index in [0.717, 1.165) is 26.6 Å². The molecule has 1 aliphatic rings. The van der Waals surface area contributed by atoms with Gasteiger partial charge in [0.15, 0.2) is 0 Å². The Morgan fingerprint density at radius 1 is 1.48 bits per heavy atom. The minimum Gasteiger partial charge on any atom is -0.470 e. The highest BCUT2D eigenvalue weighted by atomic mass is 127. The van der Waals surface area contributed by atoms with Crippen molar-refractivity contribution in [3.8, 4) is 5.75 Å². The van der Waals surface area contributed by atoms with Crippen LogP contribution in [0.25, 0.3) is 10.9 Å². The maximum atomic E-state index is 12.2. The van der Waals surface area contributed by atoms with Crippen LogP contribution in [-0.4, -0.2) is 29.1 Å². The van der Waals surface area contributed by atoms with Gasteiger partial charge in [0.1, 0.15) is 5.75 Å². The molecule has 4 nitrogen and oxygen atoms in total. The molecule has 1 unspecified atom stereocenters. The van der Waals surface area contributed by atoms with Gasteiger partial charge in [-0.3, -0.25) is 9.78 Å². The third kappa shape index (κ3) is 4.29. The lowest BCUT2D eigenvalue weighted by Crippen LogP contribution is -2.37. The summed E-state index contributed by atoms with van der Waals surface area (Å²) in [7, 11) is 0. The lowest BCUT2D eigenvalue weighted by molar-refractivity contribution is -0.124.